The minimum atomic E-state index is -1.55. The van der Waals surface area contributed by atoms with Gasteiger partial charge < -0.3 is 42.0 Å². The Morgan fingerprint density at radius 2 is 1.64 bits per heavy atom. The molecule has 0 aliphatic carbocycles. The predicted octanol–water partition coefficient (Wildman–Crippen LogP) is -1.16. The summed E-state index contributed by atoms with van der Waals surface area (Å²) in [6.07, 6.45) is -0.357. The van der Waals surface area contributed by atoms with Gasteiger partial charge in [-0.15, -0.1) is 0 Å². The number of aromatic amines is 1. The van der Waals surface area contributed by atoms with Gasteiger partial charge in [0.2, 0.25) is 17.7 Å². The quantitative estimate of drug-likeness (QED) is 0.164. The van der Waals surface area contributed by atoms with Crippen molar-refractivity contribution in [1.29, 1.82) is 0 Å². The molecular weight excluding hydrogens is 474 g/mol. The van der Waals surface area contributed by atoms with Gasteiger partial charge in [0.25, 0.3) is 0 Å². The number of aliphatic carboxylic acids is 2. The van der Waals surface area contributed by atoms with Gasteiger partial charge in [-0.25, -0.2) is 0 Å². The predicted molar refractivity (Wildman–Crippen MR) is 128 cm³/mol. The fraction of sp³-hybridized carbons (Fsp3) is 0.435. The zero-order valence-corrected chi connectivity index (χ0v) is 19.9. The maximum absolute atomic E-state index is 12.9. The fourth-order valence-corrected chi connectivity index (χ4v) is 3.47. The molecule has 2 aromatic rings. The highest BCUT2D eigenvalue weighted by Crippen LogP contribution is 2.18. The summed E-state index contributed by atoms with van der Waals surface area (Å²) in [6.45, 7) is 2.41. The number of carboxylic acids is 2. The highest BCUT2D eigenvalue weighted by Gasteiger charge is 2.32. The van der Waals surface area contributed by atoms with E-state index in [0.717, 1.165) is 16.5 Å². The molecule has 5 atom stereocenters. The van der Waals surface area contributed by atoms with E-state index in [2.05, 4.69) is 20.9 Å². The minimum Gasteiger partial charge on any atom is -0.481 e. The van der Waals surface area contributed by atoms with Gasteiger partial charge in [0.05, 0.1) is 12.1 Å². The first kappa shape index (κ1) is 28.3. The first-order valence-corrected chi connectivity index (χ1v) is 11.2. The van der Waals surface area contributed by atoms with Gasteiger partial charge in [-0.3, -0.25) is 24.0 Å². The number of benzene rings is 1. The maximum atomic E-state index is 12.9. The smallest absolute Gasteiger partial charge is 0.325 e. The molecular formula is C23H31N5O8. The number of carboxylic acid groups (broad SMARTS) is 2. The molecule has 5 unspecified atom stereocenters. The summed E-state index contributed by atoms with van der Waals surface area (Å²) in [5.74, 6) is -5.16. The van der Waals surface area contributed by atoms with E-state index in [0.29, 0.717) is 0 Å². The van der Waals surface area contributed by atoms with Gasteiger partial charge in [0.1, 0.15) is 18.1 Å². The maximum Gasteiger partial charge on any atom is 0.325 e. The Morgan fingerprint density at radius 3 is 2.25 bits per heavy atom. The number of nitrogens with two attached hydrogens (primary N) is 1. The molecule has 1 aromatic heterocycles. The summed E-state index contributed by atoms with van der Waals surface area (Å²) in [5, 5.41) is 35.6. The number of aliphatic hydroxyl groups excluding tert-OH is 1. The number of aromatic nitrogens is 1. The second kappa shape index (κ2) is 12.7. The number of rotatable bonds is 13. The molecule has 0 aliphatic heterocycles. The van der Waals surface area contributed by atoms with Crippen molar-refractivity contribution < 1.29 is 39.3 Å². The molecule has 13 nitrogen and oxygen atoms in total. The van der Waals surface area contributed by atoms with E-state index in [1.807, 2.05) is 24.3 Å². The summed E-state index contributed by atoms with van der Waals surface area (Å²) >= 11 is 0. The summed E-state index contributed by atoms with van der Waals surface area (Å²) in [6, 6.07) is 2.12. The van der Waals surface area contributed by atoms with Crippen LogP contribution < -0.4 is 21.7 Å². The molecule has 196 valence electrons. The monoisotopic (exact) mass is 505 g/mol. The van der Waals surface area contributed by atoms with E-state index in [-0.39, 0.29) is 12.8 Å². The summed E-state index contributed by atoms with van der Waals surface area (Å²) < 4.78 is 0. The third-order valence-corrected chi connectivity index (χ3v) is 5.52. The Labute approximate surface area is 206 Å². The highest BCUT2D eigenvalue weighted by atomic mass is 16.4. The Bertz CT molecular complexity index is 1110. The fourth-order valence-electron chi connectivity index (χ4n) is 3.47. The summed E-state index contributed by atoms with van der Waals surface area (Å²) in [7, 11) is 0. The molecule has 1 heterocycles. The van der Waals surface area contributed by atoms with Gasteiger partial charge in [-0.2, -0.15) is 0 Å². The van der Waals surface area contributed by atoms with Crippen LogP contribution in [0.5, 0.6) is 0 Å². The Hall–Kier alpha value is -3.97. The van der Waals surface area contributed by atoms with E-state index >= 15 is 0 Å². The SMILES string of the molecule is CC(NC(=O)C(NC(=O)C(CCC(=O)O)NC(=O)C(N)Cc1c[nH]c2ccccc12)C(C)O)C(=O)O. The summed E-state index contributed by atoms with van der Waals surface area (Å²) in [4.78, 5) is 63.2. The van der Waals surface area contributed by atoms with Crippen molar-refractivity contribution >= 4 is 40.6 Å². The van der Waals surface area contributed by atoms with E-state index in [9.17, 15) is 29.1 Å². The van der Waals surface area contributed by atoms with Crippen LogP contribution in [0.1, 0.15) is 32.3 Å². The number of H-pyrrole nitrogens is 1. The van der Waals surface area contributed by atoms with Crippen molar-refractivity contribution in [3.8, 4) is 0 Å². The van der Waals surface area contributed by atoms with Gasteiger partial charge in [-0.1, -0.05) is 18.2 Å². The molecule has 0 fully saturated rings. The standard InChI is InChI=1S/C23H31N5O8/c1-11(23(35)36)26-22(34)19(12(2)29)28-21(33)17(7-8-18(30)31)27-20(32)15(24)9-13-10-25-16-6-4-3-5-14(13)16/h3-6,10-12,15,17,19,25,29H,7-9,24H2,1-2H3,(H,26,34)(H,27,32)(H,28,33)(H,30,31)(H,35,36). The first-order chi connectivity index (χ1) is 16.9. The van der Waals surface area contributed by atoms with E-state index in [1.54, 1.807) is 6.20 Å². The molecule has 0 saturated heterocycles. The van der Waals surface area contributed by atoms with Crippen molar-refractivity contribution in [2.45, 2.75) is 63.4 Å². The second-order valence-electron chi connectivity index (χ2n) is 8.46. The van der Waals surface area contributed by atoms with Gasteiger partial charge in [0, 0.05) is 23.5 Å². The molecule has 0 bridgehead atoms. The molecule has 9 N–H and O–H groups in total. The van der Waals surface area contributed by atoms with Crippen LogP contribution in [0.15, 0.2) is 30.5 Å². The number of nitrogens with one attached hydrogen (secondary N) is 4. The van der Waals surface area contributed by atoms with E-state index in [4.69, 9.17) is 15.9 Å². The van der Waals surface area contributed by atoms with Crippen molar-refractivity contribution in [1.82, 2.24) is 20.9 Å². The van der Waals surface area contributed by atoms with Crippen LogP contribution in [0.25, 0.3) is 10.9 Å². The molecule has 36 heavy (non-hydrogen) atoms. The summed E-state index contributed by atoms with van der Waals surface area (Å²) in [5.41, 5.74) is 7.69. The zero-order valence-electron chi connectivity index (χ0n) is 19.9. The van der Waals surface area contributed by atoms with Crippen molar-refractivity contribution in [3.05, 3.63) is 36.0 Å². The number of fused-ring (bicyclic) bond motifs is 1. The zero-order chi connectivity index (χ0) is 27.0. The molecule has 0 spiro atoms. The molecule has 2 rings (SSSR count). The molecule has 0 aliphatic rings. The van der Waals surface area contributed by atoms with Crippen LogP contribution >= 0.6 is 0 Å². The Kier molecular flexibility index (Phi) is 9.93. The Morgan fingerprint density at radius 1 is 0.972 bits per heavy atom. The van der Waals surface area contributed by atoms with Crippen LogP contribution in [-0.2, 0) is 30.4 Å². The van der Waals surface area contributed by atoms with Crippen LogP contribution in [0, 0.1) is 0 Å². The number of amides is 3. The van der Waals surface area contributed by atoms with Crippen molar-refractivity contribution in [3.63, 3.8) is 0 Å². The lowest BCUT2D eigenvalue weighted by atomic mass is 10.0. The van der Waals surface area contributed by atoms with Crippen LogP contribution in [0.2, 0.25) is 0 Å². The lowest BCUT2D eigenvalue weighted by Crippen LogP contribution is -2.59. The Balaban J connectivity index is 2.11. The normalized spacial score (nSPS) is 15.2. The molecule has 3 amide bonds. The molecule has 0 radical (unpaired) electrons. The average Bonchev–Trinajstić information content (AvgIpc) is 3.21. The molecule has 13 heteroatoms. The number of carbonyl (C=O) groups excluding carboxylic acids is 3. The topological polar surface area (TPSA) is 224 Å². The second-order valence-corrected chi connectivity index (χ2v) is 8.46. The number of hydrogen-bond acceptors (Lipinski definition) is 7. The highest BCUT2D eigenvalue weighted by molar-refractivity contribution is 5.94. The van der Waals surface area contributed by atoms with Crippen LogP contribution in [0.3, 0.4) is 0 Å². The lowest BCUT2D eigenvalue weighted by molar-refractivity contribution is -0.142. The number of hydrogen-bond donors (Lipinski definition) is 8. The number of para-hydroxylation sites is 1. The first-order valence-electron chi connectivity index (χ1n) is 11.2. The third kappa shape index (κ3) is 7.78. The van der Waals surface area contributed by atoms with Gasteiger partial charge in [0.15, 0.2) is 0 Å². The van der Waals surface area contributed by atoms with Crippen LogP contribution in [0.4, 0.5) is 0 Å². The van der Waals surface area contributed by atoms with Gasteiger partial charge >= 0.3 is 11.9 Å². The molecule has 1 aromatic carbocycles. The van der Waals surface area contributed by atoms with E-state index < -0.39 is 66.4 Å². The number of carbonyl (C=O) groups is 5. The van der Waals surface area contributed by atoms with Gasteiger partial charge in [-0.05, 0) is 38.3 Å². The molecule has 0 saturated carbocycles. The largest absolute Gasteiger partial charge is 0.481 e. The van der Waals surface area contributed by atoms with E-state index in [1.165, 1.54) is 13.8 Å². The minimum absolute atomic E-state index is 0.134. The number of aliphatic hydroxyl groups is 1. The lowest BCUT2D eigenvalue weighted by Gasteiger charge is -2.26. The average molecular weight is 506 g/mol. The third-order valence-electron chi connectivity index (χ3n) is 5.52. The van der Waals surface area contributed by atoms with Crippen molar-refractivity contribution in [2.75, 3.05) is 0 Å². The van der Waals surface area contributed by atoms with Crippen molar-refractivity contribution in [2.24, 2.45) is 5.73 Å². The van der Waals surface area contributed by atoms with Crippen LogP contribution in [-0.4, -0.2) is 80.2 Å².